The summed E-state index contributed by atoms with van der Waals surface area (Å²) in [5, 5.41) is 0. The van der Waals surface area contributed by atoms with E-state index in [9.17, 15) is 26.3 Å². The Kier molecular flexibility index (Phi) is 3.16. The summed E-state index contributed by atoms with van der Waals surface area (Å²) in [7, 11) is 0. The molecule has 8 heteroatoms. The number of rotatable bonds is 0. The van der Waals surface area contributed by atoms with Crippen molar-refractivity contribution in [1.29, 1.82) is 0 Å². The van der Waals surface area contributed by atoms with E-state index in [2.05, 4.69) is 0 Å². The number of alkyl halides is 6. The molecule has 0 saturated carbocycles. The molecule has 0 radical (unpaired) electrons. The lowest BCUT2D eigenvalue weighted by molar-refractivity contribution is -0.144. The van der Waals surface area contributed by atoms with E-state index in [1.165, 1.54) is 0 Å². The summed E-state index contributed by atoms with van der Waals surface area (Å²) in [4.78, 5) is 0. The average molecular weight is 285 g/mol. The first-order valence-corrected chi connectivity index (χ1v) is 5.31. The first-order chi connectivity index (χ1) is 8.60. The van der Waals surface area contributed by atoms with Crippen molar-refractivity contribution in [2.45, 2.75) is 24.8 Å². The first-order valence-electron chi connectivity index (χ1n) is 5.31. The summed E-state index contributed by atoms with van der Waals surface area (Å²) in [6.45, 7) is -0.00717. The molecule has 19 heavy (non-hydrogen) atoms. The van der Waals surface area contributed by atoms with Crippen LogP contribution in [0.4, 0.5) is 26.3 Å². The summed E-state index contributed by atoms with van der Waals surface area (Å²) in [5.74, 6) is -0.444. The van der Waals surface area contributed by atoms with Crippen LogP contribution in [0.15, 0.2) is 12.1 Å². The molecule has 0 aromatic heterocycles. The van der Waals surface area contributed by atoms with Crippen molar-refractivity contribution in [3.05, 3.63) is 28.8 Å². The highest BCUT2D eigenvalue weighted by Gasteiger charge is 2.41. The molecule has 0 amide bonds. The van der Waals surface area contributed by atoms with Crippen LogP contribution in [0.25, 0.3) is 0 Å². The zero-order valence-corrected chi connectivity index (χ0v) is 9.40. The van der Waals surface area contributed by atoms with Gasteiger partial charge in [-0.1, -0.05) is 0 Å². The van der Waals surface area contributed by atoms with E-state index >= 15 is 0 Å². The van der Waals surface area contributed by atoms with Gasteiger partial charge in [0.15, 0.2) is 0 Å². The van der Waals surface area contributed by atoms with Gasteiger partial charge in [-0.05, 0) is 12.1 Å². The van der Waals surface area contributed by atoms with Gasteiger partial charge in [0.05, 0.1) is 17.7 Å². The second-order valence-corrected chi connectivity index (χ2v) is 4.17. The van der Waals surface area contributed by atoms with Gasteiger partial charge in [0.1, 0.15) is 5.75 Å². The normalized spacial score (nSPS) is 19.8. The molecular formula is C11H9F6NO. The zero-order chi connectivity index (χ0) is 14.4. The Hall–Kier alpha value is -1.44. The third-order valence-corrected chi connectivity index (χ3v) is 2.83. The summed E-state index contributed by atoms with van der Waals surface area (Å²) in [6.07, 6.45) is -9.66. The van der Waals surface area contributed by atoms with Crippen LogP contribution >= 0.6 is 0 Å². The third kappa shape index (κ3) is 2.63. The van der Waals surface area contributed by atoms with Crippen LogP contribution in [0.1, 0.15) is 29.2 Å². The topological polar surface area (TPSA) is 35.2 Å². The smallest absolute Gasteiger partial charge is 0.416 e. The summed E-state index contributed by atoms with van der Waals surface area (Å²) >= 11 is 0. The van der Waals surface area contributed by atoms with Crippen molar-refractivity contribution in [2.24, 2.45) is 5.73 Å². The lowest BCUT2D eigenvalue weighted by atomic mass is 9.93. The van der Waals surface area contributed by atoms with Gasteiger partial charge in [0.25, 0.3) is 0 Å². The van der Waals surface area contributed by atoms with Crippen molar-refractivity contribution >= 4 is 0 Å². The summed E-state index contributed by atoms with van der Waals surface area (Å²) in [5.41, 5.74) is 2.35. The van der Waals surface area contributed by atoms with E-state index < -0.39 is 40.8 Å². The molecule has 1 heterocycles. The molecule has 2 rings (SSSR count). The van der Waals surface area contributed by atoms with Crippen molar-refractivity contribution in [1.82, 2.24) is 0 Å². The van der Waals surface area contributed by atoms with Crippen LogP contribution in [0.3, 0.4) is 0 Å². The first kappa shape index (κ1) is 14.0. The van der Waals surface area contributed by atoms with Crippen molar-refractivity contribution in [2.75, 3.05) is 6.61 Å². The monoisotopic (exact) mass is 285 g/mol. The van der Waals surface area contributed by atoms with E-state index in [0.29, 0.717) is 6.07 Å². The maximum Gasteiger partial charge on any atom is 0.416 e. The van der Waals surface area contributed by atoms with Gasteiger partial charge in [-0.15, -0.1) is 0 Å². The Bertz CT molecular complexity index is 493. The lowest BCUT2D eigenvalue weighted by Gasteiger charge is -2.27. The fourth-order valence-corrected chi connectivity index (χ4v) is 1.97. The Balaban J connectivity index is 2.68. The maximum absolute atomic E-state index is 12.8. The second kappa shape index (κ2) is 4.29. The molecule has 0 saturated heterocycles. The molecule has 1 aliphatic rings. The van der Waals surface area contributed by atoms with Gasteiger partial charge in [-0.2, -0.15) is 26.3 Å². The zero-order valence-electron chi connectivity index (χ0n) is 9.40. The minimum atomic E-state index is -4.91. The SMILES string of the molecule is N[C@H]1CCOc2cc(C(F)(F)F)cc(C(F)(F)F)c21. The van der Waals surface area contributed by atoms with Crippen LogP contribution in [0.2, 0.25) is 0 Å². The highest BCUT2D eigenvalue weighted by molar-refractivity contribution is 5.48. The highest BCUT2D eigenvalue weighted by atomic mass is 19.4. The van der Waals surface area contributed by atoms with Crippen LogP contribution in [0.5, 0.6) is 5.75 Å². The minimum absolute atomic E-state index is 0.00717. The minimum Gasteiger partial charge on any atom is -0.493 e. The highest BCUT2D eigenvalue weighted by Crippen LogP contribution is 2.45. The summed E-state index contributed by atoms with van der Waals surface area (Å²) < 4.78 is 81.1. The largest absolute Gasteiger partial charge is 0.493 e. The fraction of sp³-hybridized carbons (Fsp3) is 0.455. The molecule has 0 aliphatic carbocycles. The predicted molar refractivity (Wildman–Crippen MR) is 53.5 cm³/mol. The van der Waals surface area contributed by atoms with Crippen molar-refractivity contribution < 1.29 is 31.1 Å². The van der Waals surface area contributed by atoms with Gasteiger partial charge in [0, 0.05) is 18.0 Å². The standard InChI is InChI=1S/C11H9F6NO/c12-10(13,14)5-3-6(11(15,16)17)9-7(18)1-2-19-8(9)4-5/h3-4,7H,1-2,18H2/t7-/m0/s1. The van der Waals surface area contributed by atoms with Gasteiger partial charge >= 0.3 is 12.4 Å². The number of fused-ring (bicyclic) bond motifs is 1. The molecule has 1 atom stereocenters. The Morgan fingerprint density at radius 1 is 1.05 bits per heavy atom. The number of hydrogen-bond acceptors (Lipinski definition) is 2. The number of benzene rings is 1. The number of halogens is 6. The van der Waals surface area contributed by atoms with Gasteiger partial charge in [0.2, 0.25) is 0 Å². The van der Waals surface area contributed by atoms with Gasteiger partial charge in [-0.3, -0.25) is 0 Å². The van der Waals surface area contributed by atoms with Gasteiger partial charge < -0.3 is 10.5 Å². The predicted octanol–water partition coefficient (Wildman–Crippen LogP) is 3.51. The van der Waals surface area contributed by atoms with Crippen LogP contribution < -0.4 is 10.5 Å². The summed E-state index contributed by atoms with van der Waals surface area (Å²) in [6, 6.07) is -0.348. The van der Waals surface area contributed by atoms with E-state index in [1.54, 1.807) is 0 Å². The molecule has 1 aromatic rings. The molecule has 1 aromatic carbocycles. The molecule has 0 spiro atoms. The molecule has 0 unspecified atom stereocenters. The molecular weight excluding hydrogens is 276 g/mol. The molecule has 2 N–H and O–H groups in total. The third-order valence-electron chi connectivity index (χ3n) is 2.83. The van der Waals surface area contributed by atoms with E-state index in [0.717, 1.165) is 0 Å². The number of hydrogen-bond donors (Lipinski definition) is 1. The Morgan fingerprint density at radius 3 is 2.21 bits per heavy atom. The molecule has 0 fully saturated rings. The molecule has 2 nitrogen and oxygen atoms in total. The Morgan fingerprint density at radius 2 is 1.68 bits per heavy atom. The molecule has 1 aliphatic heterocycles. The van der Waals surface area contributed by atoms with Crippen LogP contribution in [-0.4, -0.2) is 6.61 Å². The second-order valence-electron chi connectivity index (χ2n) is 4.17. The van der Waals surface area contributed by atoms with Crippen LogP contribution in [-0.2, 0) is 12.4 Å². The van der Waals surface area contributed by atoms with E-state index in [4.69, 9.17) is 10.5 Å². The fourth-order valence-electron chi connectivity index (χ4n) is 1.97. The Labute approximate surface area is 104 Å². The maximum atomic E-state index is 12.8. The number of ether oxygens (including phenoxy) is 1. The average Bonchev–Trinajstić information content (AvgIpc) is 2.25. The van der Waals surface area contributed by atoms with Crippen molar-refractivity contribution in [3.63, 3.8) is 0 Å². The van der Waals surface area contributed by atoms with E-state index in [-0.39, 0.29) is 19.1 Å². The number of nitrogens with two attached hydrogens (primary N) is 1. The molecule has 106 valence electrons. The van der Waals surface area contributed by atoms with Crippen LogP contribution in [0, 0.1) is 0 Å². The lowest BCUT2D eigenvalue weighted by Crippen LogP contribution is -2.26. The van der Waals surface area contributed by atoms with Crippen molar-refractivity contribution in [3.8, 4) is 5.75 Å². The van der Waals surface area contributed by atoms with E-state index in [1.807, 2.05) is 0 Å². The quantitative estimate of drug-likeness (QED) is 0.740. The molecule has 0 bridgehead atoms. The van der Waals surface area contributed by atoms with Gasteiger partial charge in [-0.25, -0.2) is 0 Å².